The number of carbonyl (C=O) groups excluding carboxylic acids is 1. The number of hydrogen-bond acceptors (Lipinski definition) is 3. The fraction of sp³-hybridized carbons (Fsp3) is 0.381. The van der Waals surface area contributed by atoms with Crippen LogP contribution in [0.3, 0.4) is 0 Å². The number of piperidine rings is 1. The Morgan fingerprint density at radius 3 is 2.45 bits per heavy atom. The zero-order valence-corrected chi connectivity index (χ0v) is 16.5. The van der Waals surface area contributed by atoms with Crippen LogP contribution in [0.4, 0.5) is 17.6 Å². The zero-order chi connectivity index (χ0) is 20.9. The number of amides is 1. The van der Waals surface area contributed by atoms with E-state index in [1.54, 1.807) is 18.2 Å². The van der Waals surface area contributed by atoms with Gasteiger partial charge in [-0.3, -0.25) is 9.69 Å². The van der Waals surface area contributed by atoms with Crippen LogP contribution < -0.4 is 5.32 Å². The van der Waals surface area contributed by atoms with Gasteiger partial charge in [0.05, 0.1) is 11.3 Å². The van der Waals surface area contributed by atoms with Crippen molar-refractivity contribution in [3.8, 4) is 0 Å². The molecule has 2 aromatic rings. The highest BCUT2D eigenvalue weighted by molar-refractivity contribution is 8.00. The van der Waals surface area contributed by atoms with Gasteiger partial charge in [0.15, 0.2) is 0 Å². The summed E-state index contributed by atoms with van der Waals surface area (Å²) in [5.74, 6) is -0.123. The molecule has 0 atom stereocenters. The number of nitrogens with zero attached hydrogens (tertiary/aromatic N) is 1. The van der Waals surface area contributed by atoms with Gasteiger partial charge >= 0.3 is 6.18 Å². The monoisotopic (exact) mass is 426 g/mol. The van der Waals surface area contributed by atoms with Crippen LogP contribution in [0.15, 0.2) is 53.4 Å². The van der Waals surface area contributed by atoms with Crippen LogP contribution in [0, 0.1) is 5.82 Å². The SMILES string of the molecule is O=C(CSc1ccc(F)cc1)NC1CCN(Cc2cccc(C(F)(F)F)c2)CC1. The molecule has 1 N–H and O–H groups in total. The number of rotatable bonds is 6. The Kier molecular flexibility index (Phi) is 7.18. The second-order valence-corrected chi connectivity index (χ2v) is 8.11. The summed E-state index contributed by atoms with van der Waals surface area (Å²) >= 11 is 1.35. The van der Waals surface area contributed by atoms with Gasteiger partial charge < -0.3 is 5.32 Å². The van der Waals surface area contributed by atoms with Gasteiger partial charge in [-0.2, -0.15) is 13.2 Å². The largest absolute Gasteiger partial charge is 0.416 e. The molecule has 1 aliphatic rings. The minimum atomic E-state index is -4.33. The first-order valence-electron chi connectivity index (χ1n) is 9.36. The van der Waals surface area contributed by atoms with Gasteiger partial charge in [-0.05, 0) is 48.7 Å². The Labute approximate surface area is 171 Å². The van der Waals surface area contributed by atoms with E-state index in [0.717, 1.165) is 23.8 Å². The molecule has 156 valence electrons. The van der Waals surface area contributed by atoms with Gasteiger partial charge in [-0.25, -0.2) is 4.39 Å². The standard InChI is InChI=1S/C21H22F4N2OS/c22-17-4-6-19(7-5-17)29-14-20(28)26-18-8-10-27(11-9-18)13-15-2-1-3-16(12-15)21(23,24)25/h1-7,12,18H,8-11,13-14H2,(H,26,28). The Hall–Kier alpha value is -2.06. The summed E-state index contributed by atoms with van der Waals surface area (Å²) in [6.45, 7) is 1.89. The van der Waals surface area contributed by atoms with Crippen LogP contribution in [-0.4, -0.2) is 35.7 Å². The lowest BCUT2D eigenvalue weighted by Gasteiger charge is -2.32. The molecule has 8 heteroatoms. The Bertz CT molecular complexity index is 818. The molecule has 0 aromatic heterocycles. The minimum absolute atomic E-state index is 0.0640. The van der Waals surface area contributed by atoms with Crippen molar-refractivity contribution in [3.63, 3.8) is 0 Å². The van der Waals surface area contributed by atoms with E-state index >= 15 is 0 Å². The van der Waals surface area contributed by atoms with E-state index in [-0.39, 0.29) is 23.5 Å². The fourth-order valence-corrected chi connectivity index (χ4v) is 4.00. The number of nitrogens with one attached hydrogen (secondary N) is 1. The van der Waals surface area contributed by atoms with E-state index < -0.39 is 11.7 Å². The predicted molar refractivity (Wildman–Crippen MR) is 105 cm³/mol. The third-order valence-corrected chi connectivity index (χ3v) is 5.81. The smallest absolute Gasteiger partial charge is 0.353 e. The molecule has 1 amide bonds. The molecule has 3 rings (SSSR count). The lowest BCUT2D eigenvalue weighted by atomic mass is 10.0. The van der Waals surface area contributed by atoms with Gasteiger partial charge in [-0.1, -0.05) is 18.2 Å². The second kappa shape index (κ2) is 9.63. The third kappa shape index (κ3) is 6.75. The van der Waals surface area contributed by atoms with Gasteiger partial charge in [0.2, 0.25) is 5.91 Å². The Morgan fingerprint density at radius 2 is 1.79 bits per heavy atom. The molecular formula is C21H22F4N2OS. The summed E-state index contributed by atoms with van der Waals surface area (Å²) in [6.07, 6.45) is -2.82. The first kappa shape index (κ1) is 21.6. The van der Waals surface area contributed by atoms with Crippen molar-refractivity contribution in [3.05, 3.63) is 65.5 Å². The predicted octanol–water partition coefficient (Wildman–Crippen LogP) is 4.72. The van der Waals surface area contributed by atoms with E-state index in [1.807, 2.05) is 0 Å². The second-order valence-electron chi connectivity index (χ2n) is 7.06. The maximum atomic E-state index is 12.9. The maximum absolute atomic E-state index is 12.9. The summed E-state index contributed by atoms with van der Waals surface area (Å²) in [5, 5.41) is 3.00. The summed E-state index contributed by atoms with van der Waals surface area (Å²) in [7, 11) is 0. The molecule has 0 aliphatic carbocycles. The maximum Gasteiger partial charge on any atom is 0.416 e. The summed E-state index contributed by atoms with van der Waals surface area (Å²) in [6, 6.07) is 11.5. The molecule has 0 saturated carbocycles. The highest BCUT2D eigenvalue weighted by Crippen LogP contribution is 2.30. The lowest BCUT2D eigenvalue weighted by molar-refractivity contribution is -0.137. The topological polar surface area (TPSA) is 32.3 Å². The van der Waals surface area contributed by atoms with Crippen molar-refractivity contribution in [1.29, 1.82) is 0 Å². The number of benzene rings is 2. The van der Waals surface area contributed by atoms with E-state index in [9.17, 15) is 22.4 Å². The number of thioether (sulfide) groups is 1. The molecule has 1 aliphatic heterocycles. The molecule has 1 heterocycles. The molecule has 0 radical (unpaired) electrons. The molecule has 2 aromatic carbocycles. The normalized spacial score (nSPS) is 16.0. The highest BCUT2D eigenvalue weighted by Gasteiger charge is 2.30. The molecule has 0 unspecified atom stereocenters. The third-order valence-electron chi connectivity index (χ3n) is 4.80. The minimum Gasteiger partial charge on any atom is -0.353 e. The van der Waals surface area contributed by atoms with Gasteiger partial charge in [-0.15, -0.1) is 11.8 Å². The van der Waals surface area contributed by atoms with E-state index in [4.69, 9.17) is 0 Å². The van der Waals surface area contributed by atoms with Gasteiger partial charge in [0.25, 0.3) is 0 Å². The molecule has 0 bridgehead atoms. The number of carbonyl (C=O) groups is 1. The summed E-state index contributed by atoms with van der Waals surface area (Å²) in [5.41, 5.74) is 0.00816. The van der Waals surface area contributed by atoms with Crippen molar-refractivity contribution in [2.45, 2.75) is 36.5 Å². The molecule has 0 spiro atoms. The van der Waals surface area contributed by atoms with Crippen LogP contribution in [0.1, 0.15) is 24.0 Å². The van der Waals surface area contributed by atoms with Crippen LogP contribution >= 0.6 is 11.8 Å². The van der Waals surface area contributed by atoms with Crippen molar-refractivity contribution in [2.75, 3.05) is 18.8 Å². The average molecular weight is 426 g/mol. The average Bonchev–Trinajstić information content (AvgIpc) is 2.69. The molecule has 29 heavy (non-hydrogen) atoms. The van der Waals surface area contributed by atoms with Crippen molar-refractivity contribution in [1.82, 2.24) is 10.2 Å². The van der Waals surface area contributed by atoms with E-state index in [1.165, 1.54) is 36.0 Å². The zero-order valence-electron chi connectivity index (χ0n) is 15.7. The molecule has 3 nitrogen and oxygen atoms in total. The number of likely N-dealkylation sites (tertiary alicyclic amines) is 1. The molecule has 1 fully saturated rings. The van der Waals surface area contributed by atoms with Crippen molar-refractivity contribution in [2.24, 2.45) is 0 Å². The van der Waals surface area contributed by atoms with Crippen LogP contribution in [0.2, 0.25) is 0 Å². The Balaban J connectivity index is 1.41. The number of hydrogen-bond donors (Lipinski definition) is 1. The molecular weight excluding hydrogens is 404 g/mol. The summed E-state index contributed by atoms with van der Waals surface area (Å²) in [4.78, 5) is 15.1. The summed E-state index contributed by atoms with van der Waals surface area (Å²) < 4.78 is 51.4. The number of alkyl halides is 3. The van der Waals surface area contributed by atoms with Crippen molar-refractivity contribution >= 4 is 17.7 Å². The van der Waals surface area contributed by atoms with Crippen LogP contribution in [0.5, 0.6) is 0 Å². The first-order chi connectivity index (χ1) is 13.8. The highest BCUT2D eigenvalue weighted by atomic mass is 32.2. The molecule has 1 saturated heterocycles. The fourth-order valence-electron chi connectivity index (χ4n) is 3.29. The van der Waals surface area contributed by atoms with Crippen molar-refractivity contribution < 1.29 is 22.4 Å². The quantitative estimate of drug-likeness (QED) is 0.536. The Morgan fingerprint density at radius 1 is 1.10 bits per heavy atom. The van der Waals surface area contributed by atoms with E-state index in [2.05, 4.69) is 10.2 Å². The first-order valence-corrected chi connectivity index (χ1v) is 10.3. The van der Waals surface area contributed by atoms with Gasteiger partial charge in [0, 0.05) is 30.6 Å². The number of halogens is 4. The van der Waals surface area contributed by atoms with Crippen LogP contribution in [0.25, 0.3) is 0 Å². The lowest BCUT2D eigenvalue weighted by Crippen LogP contribution is -2.44. The van der Waals surface area contributed by atoms with Gasteiger partial charge in [0.1, 0.15) is 5.82 Å². The van der Waals surface area contributed by atoms with Crippen LogP contribution in [-0.2, 0) is 17.5 Å². The van der Waals surface area contributed by atoms with E-state index in [0.29, 0.717) is 25.2 Å².